The number of rotatable bonds is 3. The van der Waals surface area contributed by atoms with Crippen molar-refractivity contribution >= 4 is 15.7 Å². The van der Waals surface area contributed by atoms with Gasteiger partial charge in [-0.05, 0) is 62.2 Å². The molecule has 148 valence electrons. The summed E-state index contributed by atoms with van der Waals surface area (Å²) in [6, 6.07) is 10.3. The van der Waals surface area contributed by atoms with Gasteiger partial charge in [-0.2, -0.15) is 0 Å². The highest BCUT2D eigenvalue weighted by molar-refractivity contribution is 7.92. The number of benzene rings is 2. The summed E-state index contributed by atoms with van der Waals surface area (Å²) in [6.45, 7) is 5.55. The zero-order valence-corrected chi connectivity index (χ0v) is 17.1. The molecule has 0 saturated carbocycles. The van der Waals surface area contributed by atoms with Gasteiger partial charge < -0.3 is 14.8 Å². The number of piperidine rings is 1. The first kappa shape index (κ1) is 18.8. The average molecular weight is 401 g/mol. The molecule has 0 aromatic heterocycles. The number of amides is 1. The van der Waals surface area contributed by atoms with Crippen LogP contribution in [0.3, 0.4) is 0 Å². The predicted molar refractivity (Wildman–Crippen MR) is 104 cm³/mol. The van der Waals surface area contributed by atoms with E-state index in [-0.39, 0.29) is 4.90 Å². The third-order valence-electron chi connectivity index (χ3n) is 5.71. The van der Waals surface area contributed by atoms with Crippen molar-refractivity contribution in [2.75, 3.05) is 7.11 Å². The Morgan fingerprint density at radius 1 is 1.14 bits per heavy atom. The lowest BCUT2D eigenvalue weighted by Crippen LogP contribution is -2.63. The predicted octanol–water partition coefficient (Wildman–Crippen LogP) is 2.87. The third kappa shape index (κ3) is 2.85. The zero-order chi connectivity index (χ0) is 20.3. The van der Waals surface area contributed by atoms with Crippen molar-refractivity contribution in [1.82, 2.24) is 5.32 Å². The highest BCUT2D eigenvalue weighted by Gasteiger charge is 2.54. The topological polar surface area (TPSA) is 81.7 Å². The fraction of sp³-hybridized carbons (Fsp3) is 0.381. The van der Waals surface area contributed by atoms with Crippen molar-refractivity contribution in [3.8, 4) is 11.5 Å². The van der Waals surface area contributed by atoms with E-state index >= 15 is 0 Å². The molecule has 2 aromatic carbocycles. The maximum atomic E-state index is 13.5. The SMILES string of the molecule is COc1ccc2c(c1)C1CC(C)(NC(=O)C1S(=O)(=O)c1ccc(C)c(C)c1)O2. The number of fused-ring (bicyclic) bond motifs is 4. The average Bonchev–Trinajstić information content (AvgIpc) is 2.62. The molecule has 1 fully saturated rings. The van der Waals surface area contributed by atoms with Crippen LogP contribution in [0.4, 0.5) is 0 Å². The van der Waals surface area contributed by atoms with Gasteiger partial charge in [0.1, 0.15) is 11.5 Å². The van der Waals surface area contributed by atoms with Crippen molar-refractivity contribution in [3.05, 3.63) is 53.1 Å². The van der Waals surface area contributed by atoms with E-state index in [0.717, 1.165) is 11.1 Å². The van der Waals surface area contributed by atoms with Crippen molar-refractivity contribution < 1.29 is 22.7 Å². The lowest BCUT2D eigenvalue weighted by atomic mass is 9.81. The molecule has 4 rings (SSSR count). The molecule has 3 unspecified atom stereocenters. The van der Waals surface area contributed by atoms with Crippen LogP contribution < -0.4 is 14.8 Å². The minimum atomic E-state index is -3.90. The Morgan fingerprint density at radius 3 is 2.57 bits per heavy atom. The Hall–Kier alpha value is -2.54. The van der Waals surface area contributed by atoms with Gasteiger partial charge in [-0.15, -0.1) is 0 Å². The van der Waals surface area contributed by atoms with Crippen LogP contribution in [0.1, 0.15) is 36.0 Å². The Bertz CT molecular complexity index is 1080. The molecule has 2 aliphatic heterocycles. The summed E-state index contributed by atoms with van der Waals surface area (Å²) in [7, 11) is -2.35. The second kappa shape index (κ2) is 6.24. The minimum absolute atomic E-state index is 0.162. The van der Waals surface area contributed by atoms with Crippen molar-refractivity contribution in [3.63, 3.8) is 0 Å². The minimum Gasteiger partial charge on any atom is -0.497 e. The summed E-state index contributed by atoms with van der Waals surface area (Å²) in [6.07, 6.45) is 0.369. The maximum Gasteiger partial charge on any atom is 0.242 e. The Balaban J connectivity index is 1.86. The van der Waals surface area contributed by atoms with Gasteiger partial charge in [-0.1, -0.05) is 6.07 Å². The number of hydrogen-bond donors (Lipinski definition) is 1. The smallest absolute Gasteiger partial charge is 0.242 e. The summed E-state index contributed by atoms with van der Waals surface area (Å²) in [4.78, 5) is 13.1. The first-order valence-corrected chi connectivity index (χ1v) is 10.7. The standard InChI is InChI=1S/C21H23NO5S/c1-12-5-7-15(9-13(12)2)28(24,25)19-17-11-21(3,22-20(19)23)27-18-8-6-14(26-4)10-16(17)18/h5-10,17,19H,11H2,1-4H3,(H,22,23). The number of ether oxygens (including phenoxy) is 2. The second-order valence-corrected chi connectivity index (χ2v) is 9.82. The number of nitrogens with one attached hydrogen (secondary N) is 1. The molecule has 0 aliphatic carbocycles. The highest BCUT2D eigenvalue weighted by Crippen LogP contribution is 2.48. The number of aryl methyl sites for hydroxylation is 2. The van der Waals surface area contributed by atoms with Crippen LogP contribution in [0.15, 0.2) is 41.3 Å². The van der Waals surface area contributed by atoms with Crippen molar-refractivity contribution in [1.29, 1.82) is 0 Å². The summed E-state index contributed by atoms with van der Waals surface area (Å²) in [5.41, 5.74) is 1.62. The molecule has 6 nitrogen and oxygen atoms in total. The molecule has 2 bridgehead atoms. The monoisotopic (exact) mass is 401 g/mol. The van der Waals surface area contributed by atoms with Gasteiger partial charge in [0, 0.05) is 17.9 Å². The normalized spacial score (nSPS) is 26.1. The van der Waals surface area contributed by atoms with Crippen LogP contribution in [-0.2, 0) is 14.6 Å². The van der Waals surface area contributed by atoms with Crippen molar-refractivity contribution in [2.24, 2.45) is 0 Å². The number of carbonyl (C=O) groups is 1. The molecule has 2 aliphatic rings. The van der Waals surface area contributed by atoms with Gasteiger partial charge >= 0.3 is 0 Å². The highest BCUT2D eigenvalue weighted by atomic mass is 32.2. The van der Waals surface area contributed by atoms with E-state index in [4.69, 9.17) is 9.47 Å². The quantitative estimate of drug-likeness (QED) is 0.855. The first-order valence-electron chi connectivity index (χ1n) is 9.15. The van der Waals surface area contributed by atoms with Gasteiger partial charge in [-0.3, -0.25) is 4.79 Å². The van der Waals surface area contributed by atoms with Crippen LogP contribution >= 0.6 is 0 Å². The van der Waals surface area contributed by atoms with E-state index < -0.39 is 32.6 Å². The molecule has 0 spiro atoms. The van der Waals surface area contributed by atoms with Gasteiger partial charge in [0.05, 0.1) is 12.0 Å². The van der Waals surface area contributed by atoms with E-state index in [1.165, 1.54) is 0 Å². The van der Waals surface area contributed by atoms with E-state index in [1.54, 1.807) is 50.4 Å². The molecule has 2 heterocycles. The molecule has 0 radical (unpaired) electrons. The summed E-state index contributed by atoms with van der Waals surface area (Å²) in [5, 5.41) is 1.55. The fourth-order valence-corrected chi connectivity index (χ4v) is 6.01. The van der Waals surface area contributed by atoms with Gasteiger partial charge in [0.15, 0.2) is 20.8 Å². The maximum absolute atomic E-state index is 13.5. The Kier molecular flexibility index (Phi) is 4.19. The molecule has 1 amide bonds. The number of methoxy groups -OCH3 is 1. The summed E-state index contributed by atoms with van der Waals surface area (Å²) in [5.74, 6) is 0.105. The third-order valence-corrected chi connectivity index (χ3v) is 7.84. The number of sulfone groups is 1. The van der Waals surface area contributed by atoms with Gasteiger partial charge in [0.2, 0.25) is 5.91 Å². The van der Waals surface area contributed by atoms with Gasteiger partial charge in [0.25, 0.3) is 0 Å². The van der Waals surface area contributed by atoms with Crippen LogP contribution in [0.25, 0.3) is 0 Å². The van der Waals surface area contributed by atoms with Crippen LogP contribution in [0.5, 0.6) is 11.5 Å². The molecular weight excluding hydrogens is 378 g/mol. The van der Waals surface area contributed by atoms with E-state index in [0.29, 0.717) is 23.5 Å². The number of hydrogen-bond acceptors (Lipinski definition) is 5. The first-order chi connectivity index (χ1) is 13.1. The second-order valence-electron chi connectivity index (χ2n) is 7.75. The molecule has 2 aromatic rings. The van der Waals surface area contributed by atoms with Crippen LogP contribution in [0.2, 0.25) is 0 Å². The molecule has 1 saturated heterocycles. The largest absolute Gasteiger partial charge is 0.497 e. The number of carbonyl (C=O) groups excluding carboxylic acids is 1. The molecule has 1 N–H and O–H groups in total. The fourth-order valence-electron chi connectivity index (χ4n) is 4.11. The lowest BCUT2D eigenvalue weighted by Gasteiger charge is -2.46. The lowest BCUT2D eigenvalue weighted by molar-refractivity contribution is -0.132. The summed E-state index contributed by atoms with van der Waals surface area (Å²) >= 11 is 0. The van der Waals surface area contributed by atoms with Gasteiger partial charge in [-0.25, -0.2) is 8.42 Å². The zero-order valence-electron chi connectivity index (χ0n) is 16.3. The van der Waals surface area contributed by atoms with Crippen LogP contribution in [-0.4, -0.2) is 32.4 Å². The van der Waals surface area contributed by atoms with Crippen LogP contribution in [0, 0.1) is 13.8 Å². The molecule has 28 heavy (non-hydrogen) atoms. The Morgan fingerprint density at radius 2 is 1.89 bits per heavy atom. The summed E-state index contributed by atoms with van der Waals surface area (Å²) < 4.78 is 38.3. The van der Waals surface area contributed by atoms with E-state index in [1.807, 2.05) is 13.8 Å². The van der Waals surface area contributed by atoms with Crippen molar-refractivity contribution in [2.45, 2.75) is 49.0 Å². The Labute approximate surface area is 164 Å². The van der Waals surface area contributed by atoms with E-state index in [2.05, 4.69) is 5.32 Å². The molecule has 3 atom stereocenters. The molecule has 7 heteroatoms. The van der Waals surface area contributed by atoms with E-state index in [9.17, 15) is 13.2 Å². The molecular formula is C21H23NO5S.